The van der Waals surface area contributed by atoms with E-state index in [-0.39, 0.29) is 0 Å². The highest BCUT2D eigenvalue weighted by atomic mass is 16.1. The number of ketones is 1. The fourth-order valence-electron chi connectivity index (χ4n) is 7.87. The Morgan fingerprint density at radius 2 is 2.00 bits per heavy atom. The third kappa shape index (κ3) is 1.81. The molecule has 0 amide bonds. The smallest absolute Gasteiger partial charge is 0.155 e. The van der Waals surface area contributed by atoms with Crippen LogP contribution >= 0.6 is 0 Å². The largest absolute Gasteiger partial charge is 0.295 e. The first-order valence-corrected chi connectivity index (χ1v) is 10.3. The Labute approximate surface area is 146 Å². The van der Waals surface area contributed by atoms with Gasteiger partial charge in [-0.05, 0) is 98.4 Å². The van der Waals surface area contributed by atoms with Gasteiger partial charge in [0, 0.05) is 12.3 Å². The van der Waals surface area contributed by atoms with Crippen molar-refractivity contribution in [1.82, 2.24) is 0 Å². The highest BCUT2D eigenvalue weighted by molar-refractivity contribution is 5.91. The van der Waals surface area contributed by atoms with Crippen LogP contribution in [0.3, 0.4) is 0 Å². The zero-order valence-electron chi connectivity index (χ0n) is 15.0. The molecule has 128 valence electrons. The number of terminal acetylenes is 1. The van der Waals surface area contributed by atoms with Crippen molar-refractivity contribution in [2.45, 2.75) is 71.1 Å². The van der Waals surface area contributed by atoms with E-state index in [1.54, 1.807) is 5.57 Å². The van der Waals surface area contributed by atoms with Crippen molar-refractivity contribution >= 4 is 5.78 Å². The molecule has 0 aromatic rings. The maximum absolute atomic E-state index is 12.1. The summed E-state index contributed by atoms with van der Waals surface area (Å²) in [5.41, 5.74) is 2.47. The molecule has 5 rings (SSSR count). The van der Waals surface area contributed by atoms with Crippen molar-refractivity contribution in [3.63, 3.8) is 0 Å². The fraction of sp³-hybridized carbons (Fsp3) is 0.783. The molecule has 1 nitrogen and oxygen atoms in total. The number of allylic oxidation sites excluding steroid dienone is 1. The Kier molecular flexibility index (Phi) is 3.17. The van der Waals surface area contributed by atoms with E-state index in [9.17, 15) is 4.79 Å². The first-order chi connectivity index (χ1) is 11.6. The quantitative estimate of drug-likeness (QED) is 0.610. The fourth-order valence-corrected chi connectivity index (χ4v) is 7.87. The van der Waals surface area contributed by atoms with Crippen LogP contribution in [-0.2, 0) is 4.79 Å². The van der Waals surface area contributed by atoms with Crippen LogP contribution in [0.4, 0.5) is 0 Å². The van der Waals surface area contributed by atoms with Crippen molar-refractivity contribution in [3.8, 4) is 12.3 Å². The van der Waals surface area contributed by atoms with E-state index in [1.807, 2.05) is 0 Å². The van der Waals surface area contributed by atoms with Crippen molar-refractivity contribution in [2.75, 3.05) is 0 Å². The summed E-state index contributed by atoms with van der Waals surface area (Å²) in [6.45, 7) is 2.39. The van der Waals surface area contributed by atoms with Crippen LogP contribution in [-0.4, -0.2) is 5.78 Å². The minimum Gasteiger partial charge on any atom is -0.295 e. The highest BCUT2D eigenvalue weighted by Crippen LogP contribution is 2.72. The third-order valence-corrected chi connectivity index (χ3v) is 9.10. The number of fused-ring (bicyclic) bond motifs is 6. The van der Waals surface area contributed by atoms with Gasteiger partial charge in [0.15, 0.2) is 5.78 Å². The minimum atomic E-state index is 0.401. The average Bonchev–Trinajstić information content (AvgIpc) is 3.26. The Morgan fingerprint density at radius 3 is 2.71 bits per heavy atom. The Hall–Kier alpha value is -1.03. The van der Waals surface area contributed by atoms with Crippen LogP contribution in [0.15, 0.2) is 11.6 Å². The summed E-state index contributed by atoms with van der Waals surface area (Å²) in [7, 11) is 0. The van der Waals surface area contributed by atoms with Crippen LogP contribution in [0.1, 0.15) is 71.1 Å². The van der Waals surface area contributed by atoms with Crippen molar-refractivity contribution in [3.05, 3.63) is 11.6 Å². The molecule has 0 radical (unpaired) electrons. The summed E-state index contributed by atoms with van der Waals surface area (Å²) < 4.78 is 0. The first kappa shape index (κ1) is 15.2. The van der Waals surface area contributed by atoms with Crippen LogP contribution in [0.25, 0.3) is 0 Å². The van der Waals surface area contributed by atoms with E-state index in [0.717, 1.165) is 36.5 Å². The number of carbonyl (C=O) groups excluding carboxylic acids is 1. The SMILES string of the molecule is C#C[C@H]1CC[C@H]2[C@@H]3CC4(CC4)C4=CC(=O)CC[C@@H]4[C@H]3CC[C@]12CC. The monoisotopic (exact) mass is 322 g/mol. The number of hydrogen-bond donors (Lipinski definition) is 0. The second-order valence-electron chi connectivity index (χ2n) is 9.55. The van der Waals surface area contributed by atoms with Gasteiger partial charge in [0.1, 0.15) is 0 Å². The first-order valence-electron chi connectivity index (χ1n) is 10.3. The molecule has 1 spiro atoms. The molecule has 6 atom stereocenters. The van der Waals surface area contributed by atoms with Crippen molar-refractivity contribution < 1.29 is 4.79 Å². The summed E-state index contributed by atoms with van der Waals surface area (Å²) in [5, 5.41) is 0. The van der Waals surface area contributed by atoms with Crippen LogP contribution < -0.4 is 0 Å². The lowest BCUT2D eigenvalue weighted by Gasteiger charge is -2.56. The summed E-state index contributed by atoms with van der Waals surface area (Å²) in [6, 6.07) is 0. The van der Waals surface area contributed by atoms with Gasteiger partial charge in [-0.25, -0.2) is 0 Å². The number of rotatable bonds is 1. The van der Waals surface area contributed by atoms with Crippen LogP contribution in [0.5, 0.6) is 0 Å². The standard InChI is InChI=1S/C23H30O/c1-3-15-5-8-20-19-14-22(11-12-22)21-13-16(24)6-7-18(21)17(19)9-10-23(15,20)4-2/h1,13,15,17-20H,4-12,14H2,2H3/t15-,17+,18+,19+,20-,23+/m0/s1. The lowest BCUT2D eigenvalue weighted by atomic mass is 9.48. The van der Waals surface area contributed by atoms with Crippen molar-refractivity contribution in [1.29, 1.82) is 0 Å². The van der Waals surface area contributed by atoms with E-state index in [2.05, 4.69) is 18.9 Å². The molecule has 5 aliphatic rings. The predicted octanol–water partition coefficient (Wildman–Crippen LogP) is 5.16. The molecule has 0 heterocycles. The molecular formula is C23H30O. The number of hydrogen-bond acceptors (Lipinski definition) is 1. The third-order valence-electron chi connectivity index (χ3n) is 9.10. The van der Waals surface area contributed by atoms with Gasteiger partial charge in [0.05, 0.1) is 0 Å². The van der Waals surface area contributed by atoms with Gasteiger partial charge >= 0.3 is 0 Å². The average molecular weight is 322 g/mol. The maximum Gasteiger partial charge on any atom is 0.155 e. The normalized spacial score (nSPS) is 48.1. The molecular weight excluding hydrogens is 292 g/mol. The van der Waals surface area contributed by atoms with Gasteiger partial charge in [-0.1, -0.05) is 12.5 Å². The summed E-state index contributed by atoms with van der Waals surface area (Å²) >= 11 is 0. The Morgan fingerprint density at radius 1 is 1.17 bits per heavy atom. The Bertz CT molecular complexity index is 645. The molecule has 0 saturated heterocycles. The van der Waals surface area contributed by atoms with Gasteiger partial charge < -0.3 is 0 Å². The van der Waals surface area contributed by atoms with Crippen molar-refractivity contribution in [2.24, 2.45) is 40.4 Å². The summed E-state index contributed by atoms with van der Waals surface area (Å²) in [5.74, 6) is 7.43. The second kappa shape index (κ2) is 5.00. The zero-order valence-corrected chi connectivity index (χ0v) is 15.0. The van der Waals surface area contributed by atoms with E-state index < -0.39 is 0 Å². The number of carbonyl (C=O) groups is 1. The summed E-state index contributed by atoms with van der Waals surface area (Å²) in [6.07, 6.45) is 20.6. The van der Waals surface area contributed by atoms with Crippen LogP contribution in [0.2, 0.25) is 0 Å². The minimum absolute atomic E-state index is 0.401. The topological polar surface area (TPSA) is 17.1 Å². The van der Waals surface area contributed by atoms with E-state index >= 15 is 0 Å². The molecule has 4 saturated carbocycles. The molecule has 4 fully saturated rings. The van der Waals surface area contributed by atoms with Crippen LogP contribution in [0, 0.1) is 52.8 Å². The molecule has 5 aliphatic carbocycles. The lowest BCUT2D eigenvalue weighted by molar-refractivity contribution is -0.116. The summed E-state index contributed by atoms with van der Waals surface area (Å²) in [4.78, 5) is 12.1. The molecule has 0 aliphatic heterocycles. The Balaban J connectivity index is 1.54. The zero-order chi connectivity index (χ0) is 16.5. The lowest BCUT2D eigenvalue weighted by Crippen LogP contribution is -2.49. The molecule has 0 N–H and O–H groups in total. The maximum atomic E-state index is 12.1. The van der Waals surface area contributed by atoms with Gasteiger partial charge in [-0.3, -0.25) is 4.79 Å². The molecule has 0 aromatic carbocycles. The van der Waals surface area contributed by atoms with E-state index in [4.69, 9.17) is 6.42 Å². The molecule has 0 unspecified atom stereocenters. The molecule has 1 heteroatoms. The molecule has 0 bridgehead atoms. The highest BCUT2D eigenvalue weighted by Gasteiger charge is 2.63. The van der Waals surface area contributed by atoms with Gasteiger partial charge in [0.25, 0.3) is 0 Å². The van der Waals surface area contributed by atoms with E-state index in [1.165, 1.54) is 51.4 Å². The van der Waals surface area contributed by atoms with Gasteiger partial charge in [-0.15, -0.1) is 12.3 Å². The van der Waals surface area contributed by atoms with Gasteiger partial charge in [0.2, 0.25) is 0 Å². The molecule has 0 aromatic heterocycles. The second-order valence-corrected chi connectivity index (χ2v) is 9.55. The van der Waals surface area contributed by atoms with E-state index in [0.29, 0.717) is 22.5 Å². The predicted molar refractivity (Wildman–Crippen MR) is 96.1 cm³/mol. The van der Waals surface area contributed by atoms with Gasteiger partial charge in [-0.2, -0.15) is 0 Å². The molecule has 24 heavy (non-hydrogen) atoms.